The summed E-state index contributed by atoms with van der Waals surface area (Å²) < 4.78 is 35.0. The minimum atomic E-state index is -2.83. The molecule has 2 saturated heterocycles. The van der Waals surface area contributed by atoms with Crippen LogP contribution in [0.5, 0.6) is 0 Å². The summed E-state index contributed by atoms with van der Waals surface area (Å²) >= 11 is 5.92. The van der Waals surface area contributed by atoms with E-state index < -0.39 is 12.2 Å². The predicted octanol–water partition coefficient (Wildman–Crippen LogP) is 3.17. The number of piperazine rings is 1. The fourth-order valence-electron chi connectivity index (χ4n) is 4.90. The molecule has 0 radical (unpaired) electrons. The van der Waals surface area contributed by atoms with Gasteiger partial charge < -0.3 is 19.4 Å². The Balaban J connectivity index is 1.21. The number of carbonyl (C=O) groups is 1. The number of rotatable bonds is 7. The van der Waals surface area contributed by atoms with Crippen LogP contribution in [0.3, 0.4) is 0 Å². The van der Waals surface area contributed by atoms with Crippen molar-refractivity contribution in [1.29, 1.82) is 0 Å². The van der Waals surface area contributed by atoms with Gasteiger partial charge in [0.15, 0.2) is 5.82 Å². The molecule has 2 amide bonds. The fourth-order valence-corrected chi connectivity index (χ4v) is 5.03. The molecule has 220 valence electrons. The van der Waals surface area contributed by atoms with E-state index in [-0.39, 0.29) is 12.0 Å². The number of urea groups is 1. The number of amides is 2. The second-order valence-corrected chi connectivity index (χ2v) is 10.3. The van der Waals surface area contributed by atoms with Crippen molar-refractivity contribution in [3.63, 3.8) is 0 Å². The minimum absolute atomic E-state index is 0.0667. The molecule has 0 saturated carbocycles. The van der Waals surface area contributed by atoms with Gasteiger partial charge in [0.1, 0.15) is 0 Å². The third-order valence-electron chi connectivity index (χ3n) is 7.13. The lowest BCUT2D eigenvalue weighted by atomic mass is 10.2. The molecule has 0 unspecified atom stereocenters. The number of nitrogens with zero attached hydrogens (tertiary/aromatic N) is 8. The monoisotopic (exact) mass is 598 g/mol. The zero-order chi connectivity index (χ0) is 29.1. The van der Waals surface area contributed by atoms with E-state index in [1.54, 1.807) is 41.3 Å². The van der Waals surface area contributed by atoms with E-state index in [9.17, 15) is 13.6 Å². The van der Waals surface area contributed by atoms with Crippen LogP contribution in [0.4, 0.5) is 25.5 Å². The number of hydrogen-bond donors (Lipinski definition) is 2. The molecule has 4 aromatic rings. The Kier molecular flexibility index (Phi) is 8.26. The quantitative estimate of drug-likeness (QED) is 0.309. The van der Waals surface area contributed by atoms with Gasteiger partial charge in [-0.25, -0.2) is 24.0 Å². The average molecular weight is 599 g/mol. The summed E-state index contributed by atoms with van der Waals surface area (Å²) in [7, 11) is 0. The van der Waals surface area contributed by atoms with E-state index in [4.69, 9.17) is 21.3 Å². The van der Waals surface area contributed by atoms with Gasteiger partial charge in [0.2, 0.25) is 17.8 Å². The standard InChI is InChI=1S/C27H29ClF2N10O2/c28-19-7-5-18(6-8-19)17-31-36-27(41)39-11-9-37(10-12-39)24-33-25(38-13-15-42-16-14-38)35-26(34-24)40-21-4-2-1-3-20(21)32-23(40)22(29)30/h1-8,22,31H,9-17H2,(H,36,41). The smallest absolute Gasteiger partial charge is 0.331 e. The maximum absolute atomic E-state index is 14.1. The normalized spacial score (nSPS) is 16.0. The lowest BCUT2D eigenvalue weighted by Crippen LogP contribution is -2.54. The van der Waals surface area contributed by atoms with Crippen molar-refractivity contribution < 1.29 is 18.3 Å². The van der Waals surface area contributed by atoms with Gasteiger partial charge in [0.25, 0.3) is 6.43 Å². The van der Waals surface area contributed by atoms with Gasteiger partial charge in [-0.2, -0.15) is 15.0 Å². The Morgan fingerprint density at radius 3 is 2.19 bits per heavy atom. The van der Waals surface area contributed by atoms with E-state index in [0.717, 1.165) is 5.56 Å². The molecule has 0 bridgehead atoms. The molecule has 4 heterocycles. The van der Waals surface area contributed by atoms with Gasteiger partial charge >= 0.3 is 6.03 Å². The summed E-state index contributed by atoms with van der Waals surface area (Å²) in [5.74, 6) is 0.356. The first kappa shape index (κ1) is 28.0. The number of alkyl halides is 2. The molecular weight excluding hydrogens is 570 g/mol. The third-order valence-corrected chi connectivity index (χ3v) is 7.38. The number of fused-ring (bicyclic) bond motifs is 1. The van der Waals surface area contributed by atoms with Crippen LogP contribution < -0.4 is 20.7 Å². The molecule has 2 aliphatic heterocycles. The van der Waals surface area contributed by atoms with Crippen molar-refractivity contribution in [1.82, 2.24) is 40.3 Å². The lowest BCUT2D eigenvalue weighted by Gasteiger charge is -2.35. The molecule has 12 nitrogen and oxygen atoms in total. The third kappa shape index (κ3) is 6.05. The Labute approximate surface area is 245 Å². The zero-order valence-electron chi connectivity index (χ0n) is 22.6. The SMILES string of the molecule is O=C(NNCc1ccc(Cl)cc1)N1CCN(c2nc(N3CCOCC3)nc(-n3c(C(F)F)nc4ccccc43)n2)CC1. The first-order valence-corrected chi connectivity index (χ1v) is 14.0. The van der Waals surface area contributed by atoms with Crippen LogP contribution in [0.25, 0.3) is 17.0 Å². The Bertz CT molecular complexity index is 1540. The van der Waals surface area contributed by atoms with E-state index in [0.29, 0.717) is 87.0 Å². The molecule has 2 aromatic heterocycles. The number of carbonyl (C=O) groups excluding carboxylic acids is 1. The van der Waals surface area contributed by atoms with Crippen LogP contribution in [-0.2, 0) is 11.3 Å². The van der Waals surface area contributed by atoms with Crippen molar-refractivity contribution in [2.75, 3.05) is 62.3 Å². The number of anilines is 2. The van der Waals surface area contributed by atoms with Crippen LogP contribution in [0, 0.1) is 0 Å². The van der Waals surface area contributed by atoms with E-state index in [1.165, 1.54) is 4.57 Å². The second-order valence-electron chi connectivity index (χ2n) is 9.81. The van der Waals surface area contributed by atoms with Crippen molar-refractivity contribution in [2.45, 2.75) is 13.0 Å². The summed E-state index contributed by atoms with van der Waals surface area (Å²) in [6.07, 6.45) is -2.83. The van der Waals surface area contributed by atoms with Crippen LogP contribution in [0.15, 0.2) is 48.5 Å². The summed E-state index contributed by atoms with van der Waals surface area (Å²) in [5.41, 5.74) is 7.55. The molecule has 42 heavy (non-hydrogen) atoms. The molecule has 2 aromatic carbocycles. The van der Waals surface area contributed by atoms with Gasteiger partial charge in [0.05, 0.1) is 24.2 Å². The van der Waals surface area contributed by atoms with Crippen molar-refractivity contribution in [2.24, 2.45) is 0 Å². The molecule has 2 N–H and O–H groups in total. The molecule has 0 spiro atoms. The lowest BCUT2D eigenvalue weighted by molar-refractivity contribution is 0.122. The van der Waals surface area contributed by atoms with Gasteiger partial charge in [0, 0.05) is 50.8 Å². The number of aromatic nitrogens is 5. The van der Waals surface area contributed by atoms with Crippen molar-refractivity contribution >= 4 is 40.6 Å². The number of morpholine rings is 1. The fraction of sp³-hybridized carbons (Fsp3) is 0.370. The summed E-state index contributed by atoms with van der Waals surface area (Å²) in [6, 6.07) is 14.0. The number of benzene rings is 2. The average Bonchev–Trinajstić information content (AvgIpc) is 3.43. The van der Waals surface area contributed by atoms with Crippen molar-refractivity contribution in [3.8, 4) is 5.95 Å². The summed E-state index contributed by atoms with van der Waals surface area (Å²) in [5, 5.41) is 0.649. The number of imidazole rings is 1. The summed E-state index contributed by atoms with van der Waals surface area (Å²) in [4.78, 5) is 36.5. The number of halogens is 3. The van der Waals surface area contributed by atoms with Crippen LogP contribution >= 0.6 is 11.6 Å². The molecular formula is C27H29ClF2N10O2. The zero-order valence-corrected chi connectivity index (χ0v) is 23.3. The number of hydrazine groups is 1. The van der Waals surface area contributed by atoms with Crippen LogP contribution in [0.1, 0.15) is 17.8 Å². The van der Waals surface area contributed by atoms with Crippen LogP contribution in [0.2, 0.25) is 5.02 Å². The topological polar surface area (TPSA) is 117 Å². The van der Waals surface area contributed by atoms with E-state index in [1.807, 2.05) is 21.9 Å². The maximum Gasteiger partial charge on any atom is 0.331 e. The summed E-state index contributed by atoms with van der Waals surface area (Å²) in [6.45, 7) is 4.31. The largest absolute Gasteiger partial charge is 0.378 e. The van der Waals surface area contributed by atoms with E-state index in [2.05, 4.69) is 25.8 Å². The maximum atomic E-state index is 14.1. The first-order chi connectivity index (χ1) is 20.5. The first-order valence-electron chi connectivity index (χ1n) is 13.6. The molecule has 0 aliphatic carbocycles. The minimum Gasteiger partial charge on any atom is -0.378 e. The van der Waals surface area contributed by atoms with Crippen LogP contribution in [-0.4, -0.2) is 87.9 Å². The van der Waals surface area contributed by atoms with E-state index >= 15 is 0 Å². The second kappa shape index (κ2) is 12.4. The van der Waals surface area contributed by atoms with Gasteiger partial charge in [-0.1, -0.05) is 35.9 Å². The van der Waals surface area contributed by atoms with Gasteiger partial charge in [-0.15, -0.1) is 0 Å². The molecule has 15 heteroatoms. The molecule has 6 rings (SSSR count). The number of hydrogen-bond acceptors (Lipinski definition) is 9. The highest BCUT2D eigenvalue weighted by Crippen LogP contribution is 2.28. The van der Waals surface area contributed by atoms with Crippen molar-refractivity contribution in [3.05, 3.63) is 64.9 Å². The highest BCUT2D eigenvalue weighted by molar-refractivity contribution is 6.30. The molecule has 0 atom stereocenters. The Morgan fingerprint density at radius 1 is 0.857 bits per heavy atom. The Morgan fingerprint density at radius 2 is 1.50 bits per heavy atom. The molecule has 2 fully saturated rings. The van der Waals surface area contributed by atoms with Gasteiger partial charge in [-0.05, 0) is 29.8 Å². The predicted molar refractivity (Wildman–Crippen MR) is 153 cm³/mol. The highest BCUT2D eigenvalue weighted by Gasteiger charge is 2.28. The highest BCUT2D eigenvalue weighted by atomic mass is 35.5. The number of ether oxygens (including phenoxy) is 1. The number of nitrogens with one attached hydrogen (secondary N) is 2. The Hall–Kier alpha value is -4.14. The molecule has 2 aliphatic rings. The number of para-hydroxylation sites is 2. The van der Waals surface area contributed by atoms with Gasteiger partial charge in [-0.3, -0.25) is 9.99 Å².